The average Bonchev–Trinajstić information content (AvgIpc) is 2.47. The summed E-state index contributed by atoms with van der Waals surface area (Å²) in [5.74, 6) is 0.741. The van der Waals surface area contributed by atoms with E-state index in [4.69, 9.17) is 5.73 Å². The Kier molecular flexibility index (Phi) is 4.66. The van der Waals surface area contributed by atoms with Gasteiger partial charge < -0.3 is 21.5 Å². The van der Waals surface area contributed by atoms with Crippen LogP contribution >= 0.6 is 0 Å². The summed E-state index contributed by atoms with van der Waals surface area (Å²) in [6.45, 7) is 2.06. The van der Waals surface area contributed by atoms with Gasteiger partial charge in [-0.15, -0.1) is 0 Å². The third kappa shape index (κ3) is 3.72. The van der Waals surface area contributed by atoms with Gasteiger partial charge in [-0.25, -0.2) is 4.98 Å². The first-order valence-corrected chi connectivity index (χ1v) is 8.41. The molecule has 0 spiro atoms. The van der Waals surface area contributed by atoms with E-state index >= 15 is 0 Å². The predicted molar refractivity (Wildman–Crippen MR) is 88.2 cm³/mol. The first kappa shape index (κ1) is 16.0. The van der Waals surface area contributed by atoms with Crippen LogP contribution in [0.5, 0.6) is 0 Å². The Morgan fingerprint density at radius 3 is 2.65 bits per heavy atom. The molecule has 1 aromatic rings. The number of anilines is 2. The van der Waals surface area contributed by atoms with Gasteiger partial charge in [0.05, 0.1) is 11.7 Å². The molecular formula is C16H25N5O2. The number of hydrogen-bond acceptors (Lipinski definition) is 6. The normalized spacial score (nSPS) is 28.0. The second-order valence-electron chi connectivity index (χ2n) is 6.79. The number of aliphatic hydroxyl groups is 1. The molecule has 3 atom stereocenters. The van der Waals surface area contributed by atoms with E-state index in [0.717, 1.165) is 25.7 Å². The lowest BCUT2D eigenvalue weighted by molar-refractivity contribution is 0.0739. The zero-order valence-electron chi connectivity index (χ0n) is 13.5. The number of nitrogens with one attached hydrogen (secondary N) is 2. The first-order chi connectivity index (χ1) is 11.0. The van der Waals surface area contributed by atoms with Gasteiger partial charge in [0.2, 0.25) is 5.95 Å². The summed E-state index contributed by atoms with van der Waals surface area (Å²) in [4.78, 5) is 20.2. The van der Waals surface area contributed by atoms with Crippen LogP contribution in [0.1, 0.15) is 55.8 Å². The summed E-state index contributed by atoms with van der Waals surface area (Å²) in [5.41, 5.74) is 5.72. The Hall–Kier alpha value is -1.89. The fraction of sp³-hybridized carbons (Fsp3) is 0.688. The number of carbonyl (C=O) groups is 1. The van der Waals surface area contributed by atoms with Gasteiger partial charge in [-0.05, 0) is 44.4 Å². The Morgan fingerprint density at radius 1 is 1.26 bits per heavy atom. The van der Waals surface area contributed by atoms with Gasteiger partial charge >= 0.3 is 0 Å². The predicted octanol–water partition coefficient (Wildman–Crippen LogP) is 1.50. The number of carbonyl (C=O) groups excluding carboxylic acids is 1. The van der Waals surface area contributed by atoms with Crippen molar-refractivity contribution in [2.75, 3.05) is 10.6 Å². The van der Waals surface area contributed by atoms with Crippen molar-refractivity contribution in [1.82, 2.24) is 9.97 Å². The molecule has 2 aliphatic rings. The smallest absolute Gasteiger partial charge is 0.254 e. The number of amides is 1. The second-order valence-corrected chi connectivity index (χ2v) is 6.79. The Bertz CT molecular complexity index is 576. The van der Waals surface area contributed by atoms with E-state index in [1.807, 2.05) is 0 Å². The third-order valence-corrected chi connectivity index (χ3v) is 4.99. The van der Waals surface area contributed by atoms with E-state index in [0.29, 0.717) is 30.1 Å². The average molecular weight is 319 g/mol. The molecule has 2 saturated carbocycles. The zero-order valence-corrected chi connectivity index (χ0v) is 13.5. The number of hydrogen-bond donors (Lipinski definition) is 4. The Morgan fingerprint density at radius 2 is 2.04 bits per heavy atom. The highest BCUT2D eigenvalue weighted by molar-refractivity contribution is 5.97. The van der Waals surface area contributed by atoms with E-state index in [-0.39, 0.29) is 17.7 Å². The zero-order chi connectivity index (χ0) is 16.4. The molecule has 5 N–H and O–H groups in total. The molecule has 23 heavy (non-hydrogen) atoms. The first-order valence-electron chi connectivity index (χ1n) is 8.41. The molecule has 2 fully saturated rings. The maximum Gasteiger partial charge on any atom is 0.254 e. The van der Waals surface area contributed by atoms with Gasteiger partial charge in [0.25, 0.3) is 5.91 Å². The van der Waals surface area contributed by atoms with Crippen molar-refractivity contribution in [3.63, 3.8) is 0 Å². The van der Waals surface area contributed by atoms with Crippen molar-refractivity contribution in [3.05, 3.63) is 11.8 Å². The summed E-state index contributed by atoms with van der Waals surface area (Å²) < 4.78 is 0. The molecule has 1 amide bonds. The molecule has 3 rings (SSSR count). The van der Waals surface area contributed by atoms with Gasteiger partial charge in [-0.2, -0.15) is 4.98 Å². The van der Waals surface area contributed by atoms with Crippen molar-refractivity contribution in [2.45, 2.75) is 63.6 Å². The SMILES string of the molecule is C[C@@H]1CC[C@@H](Nc2nc(NC3CCC3)ncc2C(N)=O)C[C@H]1O. The molecule has 0 unspecified atom stereocenters. The van der Waals surface area contributed by atoms with Crippen molar-refractivity contribution >= 4 is 17.7 Å². The molecule has 0 saturated heterocycles. The topological polar surface area (TPSA) is 113 Å². The fourth-order valence-electron chi connectivity index (χ4n) is 3.10. The minimum Gasteiger partial charge on any atom is -0.393 e. The molecule has 2 aliphatic carbocycles. The number of aromatic nitrogens is 2. The van der Waals surface area contributed by atoms with Crippen LogP contribution < -0.4 is 16.4 Å². The van der Waals surface area contributed by atoms with Crippen LogP contribution in [0.15, 0.2) is 6.20 Å². The van der Waals surface area contributed by atoms with Gasteiger partial charge in [0, 0.05) is 18.3 Å². The summed E-state index contributed by atoms with van der Waals surface area (Å²) >= 11 is 0. The van der Waals surface area contributed by atoms with Gasteiger partial charge in [0.1, 0.15) is 5.82 Å². The number of rotatable bonds is 5. The number of nitrogens with two attached hydrogens (primary N) is 1. The Balaban J connectivity index is 1.74. The summed E-state index contributed by atoms with van der Waals surface area (Å²) in [6.07, 6.45) is 7.14. The molecule has 126 valence electrons. The van der Waals surface area contributed by atoms with Crippen molar-refractivity contribution in [2.24, 2.45) is 11.7 Å². The van der Waals surface area contributed by atoms with E-state index in [1.54, 1.807) is 0 Å². The van der Waals surface area contributed by atoms with Crippen LogP contribution in [0, 0.1) is 5.92 Å². The van der Waals surface area contributed by atoms with Gasteiger partial charge in [-0.1, -0.05) is 6.92 Å². The van der Waals surface area contributed by atoms with Crippen LogP contribution in [0.3, 0.4) is 0 Å². The Labute approximate surface area is 136 Å². The van der Waals surface area contributed by atoms with Gasteiger partial charge in [0.15, 0.2) is 0 Å². The largest absolute Gasteiger partial charge is 0.393 e. The molecule has 0 aliphatic heterocycles. The molecule has 1 aromatic heterocycles. The van der Waals surface area contributed by atoms with Crippen LogP contribution in [0.2, 0.25) is 0 Å². The summed E-state index contributed by atoms with van der Waals surface area (Å²) in [5, 5.41) is 16.6. The quantitative estimate of drug-likeness (QED) is 0.654. The van der Waals surface area contributed by atoms with Gasteiger partial charge in [-0.3, -0.25) is 4.79 Å². The van der Waals surface area contributed by atoms with Crippen LogP contribution in [-0.4, -0.2) is 39.2 Å². The maximum atomic E-state index is 11.6. The molecule has 7 heteroatoms. The second kappa shape index (κ2) is 6.70. The highest BCUT2D eigenvalue weighted by Crippen LogP contribution is 2.28. The highest BCUT2D eigenvalue weighted by atomic mass is 16.3. The maximum absolute atomic E-state index is 11.6. The van der Waals surface area contributed by atoms with Crippen LogP contribution in [0.25, 0.3) is 0 Å². The van der Waals surface area contributed by atoms with Crippen LogP contribution in [0.4, 0.5) is 11.8 Å². The summed E-state index contributed by atoms with van der Waals surface area (Å²) in [6, 6.07) is 0.505. The van der Waals surface area contributed by atoms with Crippen molar-refractivity contribution in [1.29, 1.82) is 0 Å². The van der Waals surface area contributed by atoms with E-state index in [2.05, 4.69) is 27.5 Å². The lowest BCUT2D eigenvalue weighted by atomic mass is 9.85. The van der Waals surface area contributed by atoms with Crippen LogP contribution in [-0.2, 0) is 0 Å². The van der Waals surface area contributed by atoms with E-state index in [9.17, 15) is 9.90 Å². The number of aliphatic hydroxyl groups excluding tert-OH is 1. The molecule has 0 radical (unpaired) electrons. The van der Waals surface area contributed by atoms with E-state index in [1.165, 1.54) is 12.6 Å². The van der Waals surface area contributed by atoms with Crippen molar-refractivity contribution < 1.29 is 9.90 Å². The number of primary amides is 1. The molecule has 7 nitrogen and oxygen atoms in total. The third-order valence-electron chi connectivity index (χ3n) is 4.99. The molecule has 0 bridgehead atoms. The molecular weight excluding hydrogens is 294 g/mol. The van der Waals surface area contributed by atoms with E-state index < -0.39 is 5.91 Å². The molecule has 0 aromatic carbocycles. The lowest BCUT2D eigenvalue weighted by Crippen LogP contribution is -2.36. The minimum absolute atomic E-state index is 0.0887. The highest BCUT2D eigenvalue weighted by Gasteiger charge is 2.27. The lowest BCUT2D eigenvalue weighted by Gasteiger charge is -2.32. The van der Waals surface area contributed by atoms with Crippen molar-refractivity contribution in [3.8, 4) is 0 Å². The minimum atomic E-state index is -0.549. The fourth-order valence-corrected chi connectivity index (χ4v) is 3.10. The monoisotopic (exact) mass is 319 g/mol. The summed E-state index contributed by atoms with van der Waals surface area (Å²) in [7, 11) is 0. The standard InChI is InChI=1S/C16H25N5O2/c1-9-5-6-11(7-13(9)22)19-15-12(14(17)23)8-18-16(21-15)20-10-3-2-4-10/h8-11,13,22H,2-7H2,1H3,(H2,17,23)(H2,18,19,20,21)/t9-,11-,13-/m1/s1. The number of nitrogens with zero attached hydrogens (tertiary/aromatic N) is 2. The molecule has 1 heterocycles.